The number of carbonyl (C=O) groups excluding carboxylic acids is 1. The number of nitrogens with zero attached hydrogens (tertiary/aromatic N) is 4. The van der Waals surface area contributed by atoms with Gasteiger partial charge in [0.05, 0.1) is 6.04 Å². The van der Waals surface area contributed by atoms with Gasteiger partial charge in [-0.1, -0.05) is 32.9 Å². The van der Waals surface area contributed by atoms with Crippen LogP contribution >= 0.6 is 0 Å². The van der Waals surface area contributed by atoms with Crippen LogP contribution in [-0.2, 0) is 5.41 Å². The van der Waals surface area contributed by atoms with Gasteiger partial charge in [-0.25, -0.2) is 9.67 Å². The van der Waals surface area contributed by atoms with Gasteiger partial charge in [0.1, 0.15) is 12.7 Å². The summed E-state index contributed by atoms with van der Waals surface area (Å²) < 4.78 is 1.86. The van der Waals surface area contributed by atoms with Crippen molar-refractivity contribution in [2.24, 2.45) is 0 Å². The Morgan fingerprint density at radius 3 is 2.57 bits per heavy atom. The van der Waals surface area contributed by atoms with Gasteiger partial charge in [0.15, 0.2) is 0 Å². The maximum Gasteiger partial charge on any atom is 0.253 e. The number of rotatable bonds is 2. The van der Waals surface area contributed by atoms with E-state index in [1.54, 1.807) is 12.7 Å². The molecule has 1 aromatic heterocycles. The highest BCUT2D eigenvalue weighted by molar-refractivity contribution is 5.94. The van der Waals surface area contributed by atoms with Crippen molar-refractivity contribution in [2.45, 2.75) is 45.1 Å². The third kappa shape index (κ3) is 3.44. The molecule has 0 aliphatic carbocycles. The molecule has 0 N–H and O–H groups in total. The summed E-state index contributed by atoms with van der Waals surface area (Å²) in [7, 11) is 0. The molecule has 0 spiro atoms. The molecule has 2 heterocycles. The quantitative estimate of drug-likeness (QED) is 0.856. The first-order chi connectivity index (χ1) is 10.9. The maximum absolute atomic E-state index is 12.8. The van der Waals surface area contributed by atoms with Gasteiger partial charge in [-0.15, -0.1) is 0 Å². The van der Waals surface area contributed by atoms with Crippen LogP contribution in [0, 0.1) is 0 Å². The summed E-state index contributed by atoms with van der Waals surface area (Å²) in [5, 5.41) is 4.21. The van der Waals surface area contributed by atoms with E-state index in [9.17, 15) is 4.79 Å². The van der Waals surface area contributed by atoms with E-state index in [2.05, 4.69) is 43.0 Å². The molecule has 0 bridgehead atoms. The zero-order chi connectivity index (χ0) is 16.4. The molecule has 0 saturated carbocycles. The van der Waals surface area contributed by atoms with Gasteiger partial charge in [-0.2, -0.15) is 5.10 Å². The number of aromatic nitrogens is 3. The molecule has 1 amide bonds. The average molecular weight is 312 g/mol. The Hall–Kier alpha value is -2.17. The largest absolute Gasteiger partial charge is 0.337 e. The lowest BCUT2D eigenvalue weighted by molar-refractivity contribution is 0.0672. The summed E-state index contributed by atoms with van der Waals surface area (Å²) in [6.07, 6.45) is 5.31. The Morgan fingerprint density at radius 2 is 1.96 bits per heavy atom. The molecule has 0 radical (unpaired) electrons. The zero-order valence-electron chi connectivity index (χ0n) is 14.1. The number of hydrogen-bond acceptors (Lipinski definition) is 3. The van der Waals surface area contributed by atoms with Gasteiger partial charge < -0.3 is 4.90 Å². The van der Waals surface area contributed by atoms with E-state index in [0.717, 1.165) is 24.9 Å². The van der Waals surface area contributed by atoms with Crippen LogP contribution in [0.1, 0.15) is 55.6 Å². The molecule has 1 aliphatic rings. The third-order valence-electron chi connectivity index (χ3n) is 4.49. The molecule has 5 heteroatoms. The van der Waals surface area contributed by atoms with Crippen molar-refractivity contribution in [3.05, 3.63) is 48.0 Å². The minimum atomic E-state index is 0.102. The van der Waals surface area contributed by atoms with Gasteiger partial charge in [0.25, 0.3) is 5.91 Å². The molecule has 1 saturated heterocycles. The molecule has 122 valence electrons. The Balaban J connectivity index is 1.72. The fraction of sp³-hybridized carbons (Fsp3) is 0.500. The van der Waals surface area contributed by atoms with Gasteiger partial charge in [-0.05, 0) is 36.0 Å². The second-order valence-electron chi connectivity index (χ2n) is 7.25. The number of hydrogen-bond donors (Lipinski definition) is 0. The molecule has 5 nitrogen and oxygen atoms in total. The highest BCUT2D eigenvalue weighted by Gasteiger charge is 2.26. The second kappa shape index (κ2) is 6.14. The van der Waals surface area contributed by atoms with Crippen LogP contribution in [0.25, 0.3) is 0 Å². The average Bonchev–Trinajstić information content (AvgIpc) is 3.08. The molecule has 1 atom stereocenters. The van der Waals surface area contributed by atoms with Crippen LogP contribution in [0.15, 0.2) is 36.9 Å². The van der Waals surface area contributed by atoms with Crippen LogP contribution in [0.4, 0.5) is 0 Å². The lowest BCUT2D eigenvalue weighted by Crippen LogP contribution is -2.40. The van der Waals surface area contributed by atoms with Gasteiger partial charge in [-0.3, -0.25) is 4.79 Å². The first kappa shape index (κ1) is 15.7. The van der Waals surface area contributed by atoms with E-state index in [-0.39, 0.29) is 17.4 Å². The smallest absolute Gasteiger partial charge is 0.253 e. The summed E-state index contributed by atoms with van der Waals surface area (Å²) in [5.74, 6) is 0.107. The highest BCUT2D eigenvalue weighted by atomic mass is 16.2. The number of benzene rings is 1. The third-order valence-corrected chi connectivity index (χ3v) is 4.49. The van der Waals surface area contributed by atoms with E-state index >= 15 is 0 Å². The number of piperidine rings is 1. The fourth-order valence-electron chi connectivity index (χ4n) is 3.06. The van der Waals surface area contributed by atoms with Crippen molar-refractivity contribution in [3.8, 4) is 0 Å². The van der Waals surface area contributed by atoms with Gasteiger partial charge >= 0.3 is 0 Å². The van der Waals surface area contributed by atoms with Crippen LogP contribution in [-0.4, -0.2) is 38.7 Å². The topological polar surface area (TPSA) is 51.0 Å². The predicted octanol–water partition coefficient (Wildman–Crippen LogP) is 3.05. The summed E-state index contributed by atoms with van der Waals surface area (Å²) in [4.78, 5) is 18.7. The van der Waals surface area contributed by atoms with Crippen LogP contribution in [0.3, 0.4) is 0 Å². The number of likely N-dealkylation sites (tertiary alicyclic amines) is 1. The van der Waals surface area contributed by atoms with Crippen molar-refractivity contribution in [2.75, 3.05) is 13.1 Å². The molecule has 1 aliphatic heterocycles. The molecule has 3 rings (SSSR count). The first-order valence-corrected chi connectivity index (χ1v) is 8.19. The summed E-state index contributed by atoms with van der Waals surface area (Å²) in [6, 6.07) is 8.24. The molecule has 1 fully saturated rings. The minimum Gasteiger partial charge on any atom is -0.337 e. The minimum absolute atomic E-state index is 0.102. The zero-order valence-corrected chi connectivity index (χ0v) is 14.1. The van der Waals surface area contributed by atoms with E-state index < -0.39 is 0 Å². The highest BCUT2D eigenvalue weighted by Crippen LogP contribution is 2.24. The normalized spacial score (nSPS) is 18.9. The van der Waals surface area contributed by atoms with Crippen LogP contribution < -0.4 is 0 Å². The maximum atomic E-state index is 12.8. The van der Waals surface area contributed by atoms with Gasteiger partial charge in [0, 0.05) is 18.7 Å². The van der Waals surface area contributed by atoms with E-state index in [1.807, 2.05) is 21.7 Å². The molecule has 0 unspecified atom stereocenters. The Kier molecular flexibility index (Phi) is 4.20. The van der Waals surface area contributed by atoms with E-state index in [0.29, 0.717) is 6.54 Å². The second-order valence-corrected chi connectivity index (χ2v) is 7.25. The van der Waals surface area contributed by atoms with Gasteiger partial charge in [0.2, 0.25) is 0 Å². The Morgan fingerprint density at radius 1 is 1.22 bits per heavy atom. The SMILES string of the molecule is CC(C)(C)c1ccc(C(=O)N2CCC[C@@H](n3cncn3)C2)cc1. The fourth-order valence-corrected chi connectivity index (χ4v) is 3.06. The van der Waals surface area contributed by atoms with Crippen molar-refractivity contribution < 1.29 is 4.79 Å². The first-order valence-electron chi connectivity index (χ1n) is 8.19. The summed E-state index contributed by atoms with van der Waals surface area (Å²) in [6.45, 7) is 8.04. The monoisotopic (exact) mass is 312 g/mol. The standard InChI is InChI=1S/C18H24N4O/c1-18(2,3)15-8-6-14(7-9-15)17(23)21-10-4-5-16(11-21)22-13-19-12-20-22/h6-9,12-13,16H,4-5,10-11H2,1-3H3/t16-/m1/s1. The lowest BCUT2D eigenvalue weighted by atomic mass is 9.86. The molecular formula is C18H24N4O. The van der Waals surface area contributed by atoms with E-state index in [4.69, 9.17) is 0 Å². The Labute approximate surface area is 137 Å². The van der Waals surface area contributed by atoms with Crippen molar-refractivity contribution in [1.82, 2.24) is 19.7 Å². The molecular weight excluding hydrogens is 288 g/mol. The van der Waals surface area contributed by atoms with E-state index in [1.165, 1.54) is 5.56 Å². The van der Waals surface area contributed by atoms with Crippen LogP contribution in [0.2, 0.25) is 0 Å². The predicted molar refractivity (Wildman–Crippen MR) is 89.3 cm³/mol. The number of carbonyl (C=O) groups is 1. The lowest BCUT2D eigenvalue weighted by Gasteiger charge is -2.32. The Bertz CT molecular complexity index is 655. The van der Waals surface area contributed by atoms with Crippen molar-refractivity contribution >= 4 is 5.91 Å². The van der Waals surface area contributed by atoms with Crippen molar-refractivity contribution in [1.29, 1.82) is 0 Å². The van der Waals surface area contributed by atoms with Crippen LogP contribution in [0.5, 0.6) is 0 Å². The molecule has 1 aromatic carbocycles. The molecule has 2 aromatic rings. The number of amides is 1. The van der Waals surface area contributed by atoms with Crippen molar-refractivity contribution in [3.63, 3.8) is 0 Å². The summed E-state index contributed by atoms with van der Waals surface area (Å²) >= 11 is 0. The summed E-state index contributed by atoms with van der Waals surface area (Å²) in [5.41, 5.74) is 2.11. The molecule has 23 heavy (non-hydrogen) atoms.